The van der Waals surface area contributed by atoms with Crippen LogP contribution in [0.5, 0.6) is 0 Å². The monoisotopic (exact) mass is 287 g/mol. The van der Waals surface area contributed by atoms with Gasteiger partial charge in [-0.3, -0.25) is 0 Å². The lowest BCUT2D eigenvalue weighted by molar-refractivity contribution is 0.0697. The average Bonchev–Trinajstić information content (AvgIpc) is 2.87. The van der Waals surface area contributed by atoms with Crippen LogP contribution in [0.15, 0.2) is 18.2 Å². The Morgan fingerprint density at radius 3 is 2.57 bits per heavy atom. The summed E-state index contributed by atoms with van der Waals surface area (Å²) in [5.41, 5.74) is 3.11. The minimum absolute atomic E-state index is 0.297. The molecule has 21 heavy (non-hydrogen) atoms. The van der Waals surface area contributed by atoms with Crippen molar-refractivity contribution in [3.8, 4) is 0 Å². The molecule has 0 saturated heterocycles. The fraction of sp³-hybridized carbons (Fsp3) is 0.611. The Morgan fingerprint density at radius 2 is 2.05 bits per heavy atom. The molecule has 3 rings (SSSR count). The Labute approximate surface area is 126 Å². The second-order valence-corrected chi connectivity index (χ2v) is 7.83. The van der Waals surface area contributed by atoms with Gasteiger partial charge in [0.15, 0.2) is 0 Å². The van der Waals surface area contributed by atoms with Gasteiger partial charge in [0.1, 0.15) is 0 Å². The first-order valence-corrected chi connectivity index (χ1v) is 7.84. The Balaban J connectivity index is 1.88. The number of hydrogen-bond acceptors (Lipinski definition) is 2. The number of benzene rings is 1. The van der Waals surface area contributed by atoms with Crippen molar-refractivity contribution in [2.75, 3.05) is 5.32 Å². The lowest BCUT2D eigenvalue weighted by Gasteiger charge is -2.44. The standard InChI is InChI=1S/C18H25NO2/c1-11-9-12(15(20)21)5-6-14(11)19-16-17(2,3)13-7-8-18(16,4)10-13/h5-6,9,13,16,19H,7-8,10H2,1-4H3,(H,20,21). The number of carbonyl (C=O) groups is 1. The van der Waals surface area contributed by atoms with Crippen LogP contribution in [0.3, 0.4) is 0 Å². The zero-order valence-corrected chi connectivity index (χ0v) is 13.4. The van der Waals surface area contributed by atoms with Crippen molar-refractivity contribution >= 4 is 11.7 Å². The third-order valence-corrected chi connectivity index (χ3v) is 6.04. The van der Waals surface area contributed by atoms with Crippen LogP contribution < -0.4 is 5.32 Å². The molecule has 0 spiro atoms. The van der Waals surface area contributed by atoms with Crippen LogP contribution in [-0.4, -0.2) is 17.1 Å². The van der Waals surface area contributed by atoms with Crippen molar-refractivity contribution in [1.82, 2.24) is 0 Å². The quantitative estimate of drug-likeness (QED) is 0.870. The second-order valence-electron chi connectivity index (χ2n) is 7.83. The zero-order chi connectivity index (χ0) is 15.4. The normalized spacial score (nSPS) is 33.1. The van der Waals surface area contributed by atoms with E-state index in [1.54, 1.807) is 12.1 Å². The molecule has 0 radical (unpaired) electrons. The molecule has 0 aromatic heterocycles. The third-order valence-electron chi connectivity index (χ3n) is 6.04. The first-order valence-electron chi connectivity index (χ1n) is 7.84. The molecular weight excluding hydrogens is 262 g/mol. The minimum Gasteiger partial charge on any atom is -0.478 e. The zero-order valence-electron chi connectivity index (χ0n) is 13.4. The number of carboxylic acid groups (broad SMARTS) is 1. The van der Waals surface area contributed by atoms with E-state index in [0.717, 1.165) is 17.2 Å². The van der Waals surface area contributed by atoms with Gasteiger partial charge in [-0.25, -0.2) is 4.79 Å². The summed E-state index contributed by atoms with van der Waals surface area (Å²) in [6.07, 6.45) is 3.95. The molecule has 2 saturated carbocycles. The summed E-state index contributed by atoms with van der Waals surface area (Å²) in [6.45, 7) is 9.14. The largest absolute Gasteiger partial charge is 0.478 e. The fourth-order valence-electron chi connectivity index (χ4n) is 4.78. The number of aryl methyl sites for hydroxylation is 1. The molecule has 3 atom stereocenters. The average molecular weight is 287 g/mol. The van der Waals surface area contributed by atoms with Gasteiger partial charge in [-0.2, -0.15) is 0 Å². The molecule has 2 aliphatic carbocycles. The van der Waals surface area contributed by atoms with E-state index >= 15 is 0 Å². The number of fused-ring (bicyclic) bond motifs is 2. The SMILES string of the molecule is Cc1cc(C(=O)O)ccc1NC1C2(C)CCC(C2)C1(C)C. The molecule has 3 heteroatoms. The maximum Gasteiger partial charge on any atom is 0.335 e. The van der Waals surface area contributed by atoms with Crippen molar-refractivity contribution in [2.24, 2.45) is 16.7 Å². The maximum atomic E-state index is 11.0. The topological polar surface area (TPSA) is 49.3 Å². The maximum absolute atomic E-state index is 11.0. The molecule has 2 aliphatic rings. The molecule has 1 aromatic rings. The molecule has 0 heterocycles. The fourth-order valence-corrected chi connectivity index (χ4v) is 4.78. The molecule has 0 aliphatic heterocycles. The van der Waals surface area contributed by atoms with E-state index in [2.05, 4.69) is 26.1 Å². The molecule has 2 fully saturated rings. The smallest absolute Gasteiger partial charge is 0.335 e. The highest BCUT2D eigenvalue weighted by molar-refractivity contribution is 5.88. The summed E-state index contributed by atoms with van der Waals surface area (Å²) in [6, 6.07) is 5.83. The summed E-state index contributed by atoms with van der Waals surface area (Å²) < 4.78 is 0. The van der Waals surface area contributed by atoms with Crippen LogP contribution in [0.25, 0.3) is 0 Å². The van der Waals surface area contributed by atoms with Gasteiger partial charge in [0.25, 0.3) is 0 Å². The van der Waals surface area contributed by atoms with Gasteiger partial charge in [-0.05, 0) is 66.7 Å². The van der Waals surface area contributed by atoms with E-state index in [1.165, 1.54) is 19.3 Å². The highest BCUT2D eigenvalue weighted by Crippen LogP contribution is 2.63. The number of anilines is 1. The molecular formula is C18H25NO2. The van der Waals surface area contributed by atoms with Gasteiger partial charge < -0.3 is 10.4 Å². The molecule has 3 nitrogen and oxygen atoms in total. The van der Waals surface area contributed by atoms with E-state index in [9.17, 15) is 4.79 Å². The van der Waals surface area contributed by atoms with Crippen molar-refractivity contribution in [3.05, 3.63) is 29.3 Å². The molecule has 1 aromatic carbocycles. The molecule has 2 N–H and O–H groups in total. The predicted molar refractivity (Wildman–Crippen MR) is 84.8 cm³/mol. The molecule has 2 bridgehead atoms. The van der Waals surface area contributed by atoms with E-state index < -0.39 is 5.97 Å². The van der Waals surface area contributed by atoms with Gasteiger partial charge >= 0.3 is 5.97 Å². The molecule has 3 unspecified atom stereocenters. The summed E-state index contributed by atoms with van der Waals surface area (Å²) in [4.78, 5) is 11.0. The number of aromatic carboxylic acids is 1. The van der Waals surface area contributed by atoms with E-state index in [1.807, 2.05) is 13.0 Å². The van der Waals surface area contributed by atoms with Gasteiger partial charge in [-0.15, -0.1) is 0 Å². The van der Waals surface area contributed by atoms with Gasteiger partial charge in [0.2, 0.25) is 0 Å². The number of carboxylic acids is 1. The summed E-state index contributed by atoms with van der Waals surface area (Å²) >= 11 is 0. The summed E-state index contributed by atoms with van der Waals surface area (Å²) in [7, 11) is 0. The number of nitrogens with one attached hydrogen (secondary N) is 1. The molecule has 0 amide bonds. The van der Waals surface area contributed by atoms with E-state index in [4.69, 9.17) is 5.11 Å². The van der Waals surface area contributed by atoms with Gasteiger partial charge in [0.05, 0.1) is 5.56 Å². The van der Waals surface area contributed by atoms with Crippen molar-refractivity contribution in [2.45, 2.75) is 53.0 Å². The minimum atomic E-state index is -0.864. The summed E-state index contributed by atoms with van der Waals surface area (Å²) in [5, 5.41) is 12.8. The van der Waals surface area contributed by atoms with Crippen LogP contribution in [0.1, 0.15) is 56.0 Å². The van der Waals surface area contributed by atoms with Gasteiger partial charge in [0, 0.05) is 11.7 Å². The van der Waals surface area contributed by atoms with Crippen molar-refractivity contribution in [1.29, 1.82) is 0 Å². The Hall–Kier alpha value is -1.51. The van der Waals surface area contributed by atoms with Crippen LogP contribution >= 0.6 is 0 Å². The van der Waals surface area contributed by atoms with Crippen LogP contribution in [0.4, 0.5) is 5.69 Å². The first-order chi connectivity index (χ1) is 9.74. The van der Waals surface area contributed by atoms with E-state index in [0.29, 0.717) is 22.4 Å². The summed E-state index contributed by atoms with van der Waals surface area (Å²) in [5.74, 6) is -0.0598. The van der Waals surface area contributed by atoms with Crippen molar-refractivity contribution < 1.29 is 9.90 Å². The Bertz CT molecular complexity index is 588. The second kappa shape index (κ2) is 4.49. The Kier molecular flexibility index (Phi) is 3.09. The van der Waals surface area contributed by atoms with Crippen LogP contribution in [0.2, 0.25) is 0 Å². The number of rotatable bonds is 3. The van der Waals surface area contributed by atoms with Crippen molar-refractivity contribution in [3.63, 3.8) is 0 Å². The molecule has 114 valence electrons. The lowest BCUT2D eigenvalue weighted by atomic mass is 9.68. The Morgan fingerprint density at radius 1 is 1.33 bits per heavy atom. The lowest BCUT2D eigenvalue weighted by Crippen LogP contribution is -2.45. The van der Waals surface area contributed by atoms with Crippen LogP contribution in [-0.2, 0) is 0 Å². The highest BCUT2D eigenvalue weighted by Gasteiger charge is 2.59. The van der Waals surface area contributed by atoms with Crippen LogP contribution in [0, 0.1) is 23.7 Å². The third kappa shape index (κ3) is 2.14. The number of hydrogen-bond donors (Lipinski definition) is 2. The first kappa shape index (κ1) is 14.4. The predicted octanol–water partition coefficient (Wildman–Crippen LogP) is 4.32. The highest BCUT2D eigenvalue weighted by atomic mass is 16.4. The van der Waals surface area contributed by atoms with E-state index in [-0.39, 0.29) is 0 Å². The van der Waals surface area contributed by atoms with Gasteiger partial charge in [-0.1, -0.05) is 20.8 Å².